The summed E-state index contributed by atoms with van der Waals surface area (Å²) in [7, 11) is 0. The fourth-order valence-electron chi connectivity index (χ4n) is 2.07. The van der Waals surface area contributed by atoms with E-state index >= 15 is 0 Å². The first-order chi connectivity index (χ1) is 9.25. The molecule has 0 saturated carbocycles. The van der Waals surface area contributed by atoms with Crippen LogP contribution in [0.1, 0.15) is 5.56 Å². The minimum absolute atomic E-state index is 0.623. The van der Waals surface area contributed by atoms with Gasteiger partial charge in [0.1, 0.15) is 5.75 Å². The standard InChI is InChI=1S/C16H14N2O/c1-11-5-4-10-18-16(11)19-15-9-8-14(17)12-6-2-3-7-13(12)15/h2-10H,17H2,1H3. The third-order valence-electron chi connectivity index (χ3n) is 3.09. The van der Waals surface area contributed by atoms with Gasteiger partial charge < -0.3 is 10.5 Å². The van der Waals surface area contributed by atoms with Gasteiger partial charge in [0.25, 0.3) is 0 Å². The van der Waals surface area contributed by atoms with E-state index in [-0.39, 0.29) is 0 Å². The van der Waals surface area contributed by atoms with Crippen LogP contribution in [0.3, 0.4) is 0 Å². The molecule has 3 rings (SSSR count). The van der Waals surface area contributed by atoms with Crippen LogP contribution in [0.25, 0.3) is 10.8 Å². The molecule has 0 fully saturated rings. The zero-order valence-electron chi connectivity index (χ0n) is 10.6. The van der Waals surface area contributed by atoms with Gasteiger partial charge in [0.05, 0.1) is 0 Å². The van der Waals surface area contributed by atoms with Crippen LogP contribution in [0.15, 0.2) is 54.7 Å². The number of nitrogens with zero attached hydrogens (tertiary/aromatic N) is 1. The van der Waals surface area contributed by atoms with Crippen molar-refractivity contribution in [2.24, 2.45) is 0 Å². The van der Waals surface area contributed by atoms with Gasteiger partial charge in [-0.15, -0.1) is 0 Å². The summed E-state index contributed by atoms with van der Waals surface area (Å²) in [4.78, 5) is 4.25. The molecule has 3 aromatic rings. The maximum atomic E-state index is 5.98. The average Bonchev–Trinajstić information content (AvgIpc) is 2.44. The van der Waals surface area contributed by atoms with Crippen LogP contribution >= 0.6 is 0 Å². The monoisotopic (exact) mass is 250 g/mol. The molecule has 19 heavy (non-hydrogen) atoms. The second-order valence-electron chi connectivity index (χ2n) is 4.43. The smallest absolute Gasteiger partial charge is 0.222 e. The number of rotatable bonds is 2. The lowest BCUT2D eigenvalue weighted by atomic mass is 10.1. The van der Waals surface area contributed by atoms with E-state index in [1.54, 1.807) is 6.20 Å². The highest BCUT2D eigenvalue weighted by molar-refractivity contribution is 5.97. The van der Waals surface area contributed by atoms with Crippen LogP contribution in [0.2, 0.25) is 0 Å². The Morgan fingerprint density at radius 2 is 1.74 bits per heavy atom. The van der Waals surface area contributed by atoms with E-state index < -0.39 is 0 Å². The van der Waals surface area contributed by atoms with Crippen LogP contribution in [0, 0.1) is 6.92 Å². The van der Waals surface area contributed by atoms with Crippen LogP contribution in [-0.4, -0.2) is 4.98 Å². The normalized spacial score (nSPS) is 10.6. The van der Waals surface area contributed by atoms with Crippen molar-refractivity contribution in [1.29, 1.82) is 0 Å². The molecular weight excluding hydrogens is 236 g/mol. The van der Waals surface area contributed by atoms with Gasteiger partial charge in [-0.2, -0.15) is 0 Å². The number of anilines is 1. The van der Waals surface area contributed by atoms with Gasteiger partial charge >= 0.3 is 0 Å². The molecule has 0 aliphatic carbocycles. The van der Waals surface area contributed by atoms with E-state index in [0.717, 1.165) is 27.8 Å². The lowest BCUT2D eigenvalue weighted by Gasteiger charge is -2.11. The molecule has 0 radical (unpaired) electrons. The maximum Gasteiger partial charge on any atom is 0.222 e. The Balaban J connectivity index is 2.12. The van der Waals surface area contributed by atoms with Gasteiger partial charge in [0.15, 0.2) is 0 Å². The van der Waals surface area contributed by atoms with Gasteiger partial charge in [-0.25, -0.2) is 4.98 Å². The maximum absolute atomic E-state index is 5.98. The molecule has 0 atom stereocenters. The zero-order valence-corrected chi connectivity index (χ0v) is 10.6. The van der Waals surface area contributed by atoms with Crippen molar-refractivity contribution in [2.75, 3.05) is 5.73 Å². The molecule has 0 aliphatic rings. The van der Waals surface area contributed by atoms with E-state index in [1.165, 1.54) is 0 Å². The summed E-state index contributed by atoms with van der Waals surface area (Å²) >= 11 is 0. The van der Waals surface area contributed by atoms with Crippen LogP contribution in [0.5, 0.6) is 11.6 Å². The number of benzene rings is 2. The molecule has 2 aromatic carbocycles. The molecular formula is C16H14N2O. The Morgan fingerprint density at radius 1 is 0.947 bits per heavy atom. The van der Waals surface area contributed by atoms with Gasteiger partial charge in [-0.05, 0) is 25.1 Å². The van der Waals surface area contributed by atoms with Crippen LogP contribution in [-0.2, 0) is 0 Å². The molecule has 0 saturated heterocycles. The minimum atomic E-state index is 0.623. The van der Waals surface area contributed by atoms with Gasteiger partial charge in [-0.1, -0.05) is 30.3 Å². The molecule has 94 valence electrons. The predicted octanol–water partition coefficient (Wildman–Crippen LogP) is 3.92. The summed E-state index contributed by atoms with van der Waals surface area (Å²) in [5.41, 5.74) is 7.73. The van der Waals surface area contributed by atoms with Crippen molar-refractivity contribution < 1.29 is 4.74 Å². The minimum Gasteiger partial charge on any atom is -0.438 e. The number of fused-ring (bicyclic) bond motifs is 1. The average molecular weight is 250 g/mol. The molecule has 1 aromatic heterocycles. The van der Waals surface area contributed by atoms with Crippen molar-refractivity contribution in [2.45, 2.75) is 6.92 Å². The van der Waals surface area contributed by atoms with E-state index in [1.807, 2.05) is 55.5 Å². The lowest BCUT2D eigenvalue weighted by molar-refractivity contribution is 0.464. The molecule has 2 N–H and O–H groups in total. The van der Waals surface area contributed by atoms with Gasteiger partial charge in [-0.3, -0.25) is 0 Å². The summed E-state index contributed by atoms with van der Waals surface area (Å²) < 4.78 is 5.91. The van der Waals surface area contributed by atoms with Crippen molar-refractivity contribution in [3.8, 4) is 11.6 Å². The Bertz CT molecular complexity index is 738. The topological polar surface area (TPSA) is 48.1 Å². The fraction of sp³-hybridized carbons (Fsp3) is 0.0625. The number of nitrogen functional groups attached to an aromatic ring is 1. The second-order valence-corrected chi connectivity index (χ2v) is 4.43. The van der Waals surface area contributed by atoms with E-state index in [0.29, 0.717) is 5.88 Å². The number of aryl methyl sites for hydroxylation is 1. The Kier molecular flexibility index (Phi) is 2.80. The summed E-state index contributed by atoms with van der Waals surface area (Å²) in [6.07, 6.45) is 1.72. The zero-order chi connectivity index (χ0) is 13.2. The van der Waals surface area contributed by atoms with E-state index in [9.17, 15) is 0 Å². The number of aromatic nitrogens is 1. The first-order valence-corrected chi connectivity index (χ1v) is 6.12. The highest BCUT2D eigenvalue weighted by Crippen LogP contribution is 2.33. The number of hydrogen-bond donors (Lipinski definition) is 1. The highest BCUT2D eigenvalue weighted by Gasteiger charge is 2.07. The molecule has 0 bridgehead atoms. The predicted molar refractivity (Wildman–Crippen MR) is 77.4 cm³/mol. The van der Waals surface area contributed by atoms with Gasteiger partial charge in [0.2, 0.25) is 5.88 Å². The first kappa shape index (κ1) is 11.5. The van der Waals surface area contributed by atoms with Crippen molar-refractivity contribution in [1.82, 2.24) is 4.98 Å². The molecule has 0 spiro atoms. The summed E-state index contributed by atoms with van der Waals surface area (Å²) in [5, 5.41) is 1.99. The lowest BCUT2D eigenvalue weighted by Crippen LogP contribution is -1.93. The number of pyridine rings is 1. The number of nitrogens with two attached hydrogens (primary N) is 1. The third-order valence-corrected chi connectivity index (χ3v) is 3.09. The van der Waals surface area contributed by atoms with Crippen molar-refractivity contribution >= 4 is 16.5 Å². The number of hydrogen-bond acceptors (Lipinski definition) is 3. The largest absolute Gasteiger partial charge is 0.438 e. The summed E-state index contributed by atoms with van der Waals surface area (Å²) in [5.74, 6) is 1.39. The van der Waals surface area contributed by atoms with Crippen molar-refractivity contribution in [3.05, 3.63) is 60.3 Å². The Hall–Kier alpha value is -2.55. The van der Waals surface area contributed by atoms with Gasteiger partial charge in [0, 0.05) is 28.2 Å². The van der Waals surface area contributed by atoms with Crippen molar-refractivity contribution in [3.63, 3.8) is 0 Å². The quantitative estimate of drug-likeness (QED) is 0.701. The molecule has 3 nitrogen and oxygen atoms in total. The van der Waals surface area contributed by atoms with Crippen LogP contribution in [0.4, 0.5) is 5.69 Å². The van der Waals surface area contributed by atoms with Crippen LogP contribution < -0.4 is 10.5 Å². The Morgan fingerprint density at radius 3 is 2.53 bits per heavy atom. The first-order valence-electron chi connectivity index (χ1n) is 6.12. The van der Waals surface area contributed by atoms with E-state index in [2.05, 4.69) is 4.98 Å². The summed E-state index contributed by atoms with van der Waals surface area (Å²) in [6.45, 7) is 1.97. The summed E-state index contributed by atoms with van der Waals surface area (Å²) in [6, 6.07) is 15.5. The third kappa shape index (κ3) is 2.10. The van der Waals surface area contributed by atoms with E-state index in [4.69, 9.17) is 10.5 Å². The molecule has 3 heteroatoms. The molecule has 0 aliphatic heterocycles. The molecule has 0 amide bonds. The fourth-order valence-corrected chi connectivity index (χ4v) is 2.07. The Labute approximate surface area is 111 Å². The highest BCUT2D eigenvalue weighted by atomic mass is 16.5. The number of ether oxygens (including phenoxy) is 1. The molecule has 1 heterocycles. The SMILES string of the molecule is Cc1cccnc1Oc1ccc(N)c2ccccc12. The second kappa shape index (κ2) is 4.61. The molecule has 0 unspecified atom stereocenters.